The van der Waals surface area contributed by atoms with Gasteiger partial charge in [0.2, 0.25) is 11.8 Å². The van der Waals surface area contributed by atoms with Gasteiger partial charge in [-0.1, -0.05) is 38.5 Å². The smallest absolute Gasteiger partial charge is 0.251 e. The van der Waals surface area contributed by atoms with Crippen LogP contribution in [0.4, 0.5) is 0 Å². The Morgan fingerprint density at radius 3 is 2.33 bits per heavy atom. The molecule has 114 valence electrons. The zero-order valence-corrected chi connectivity index (χ0v) is 12.3. The molecule has 0 saturated heterocycles. The number of rotatable bonds is 7. The summed E-state index contributed by atoms with van der Waals surface area (Å²) < 4.78 is 0. The van der Waals surface area contributed by atoms with E-state index in [2.05, 4.69) is 10.6 Å². The van der Waals surface area contributed by atoms with E-state index >= 15 is 0 Å². The van der Waals surface area contributed by atoms with E-state index in [1.165, 1.54) is 0 Å². The molecule has 0 aliphatic carbocycles. The molecule has 1 aromatic carbocycles. The van der Waals surface area contributed by atoms with Crippen molar-refractivity contribution >= 4 is 17.7 Å². The maximum Gasteiger partial charge on any atom is 0.251 e. The molecule has 6 nitrogen and oxygen atoms in total. The van der Waals surface area contributed by atoms with Gasteiger partial charge in [0.15, 0.2) is 0 Å². The zero-order valence-electron chi connectivity index (χ0n) is 12.3. The first-order valence-electron chi connectivity index (χ1n) is 6.87. The van der Waals surface area contributed by atoms with Gasteiger partial charge in [0.1, 0.15) is 6.04 Å². The molecule has 1 rings (SSSR count). The predicted octanol–water partition coefficient (Wildman–Crippen LogP) is 0.433. The number of amides is 3. The largest absolute Gasteiger partial charge is 0.368 e. The molecule has 6 heteroatoms. The van der Waals surface area contributed by atoms with E-state index in [1.807, 2.05) is 19.9 Å². The third kappa shape index (κ3) is 5.25. The Morgan fingerprint density at radius 1 is 1.19 bits per heavy atom. The highest BCUT2D eigenvalue weighted by Gasteiger charge is 2.26. The van der Waals surface area contributed by atoms with Crippen LogP contribution in [0.2, 0.25) is 0 Å². The molecule has 0 saturated carbocycles. The van der Waals surface area contributed by atoms with Gasteiger partial charge in [-0.3, -0.25) is 14.4 Å². The van der Waals surface area contributed by atoms with E-state index in [4.69, 9.17) is 5.73 Å². The van der Waals surface area contributed by atoms with Gasteiger partial charge in [-0.15, -0.1) is 0 Å². The molecule has 0 aliphatic heterocycles. The van der Waals surface area contributed by atoms with Crippen molar-refractivity contribution < 1.29 is 14.4 Å². The molecule has 3 amide bonds. The summed E-state index contributed by atoms with van der Waals surface area (Å²) in [5.41, 5.74) is 5.48. The van der Waals surface area contributed by atoms with E-state index in [-0.39, 0.29) is 18.4 Å². The Hall–Kier alpha value is -2.37. The zero-order chi connectivity index (χ0) is 15.8. The third-order valence-corrected chi connectivity index (χ3v) is 3.25. The lowest BCUT2D eigenvalue weighted by molar-refractivity contribution is -0.127. The van der Waals surface area contributed by atoms with Gasteiger partial charge in [-0.05, 0) is 18.1 Å². The molecule has 0 radical (unpaired) electrons. The minimum atomic E-state index is -0.706. The predicted molar refractivity (Wildman–Crippen MR) is 79.4 cm³/mol. The number of hydrogen-bond donors (Lipinski definition) is 3. The molecule has 0 aliphatic rings. The summed E-state index contributed by atoms with van der Waals surface area (Å²) in [5, 5.41) is 5.13. The Balaban J connectivity index is 2.76. The molecule has 0 spiro atoms. The van der Waals surface area contributed by atoms with Crippen LogP contribution >= 0.6 is 0 Å². The van der Waals surface area contributed by atoms with Gasteiger partial charge in [0.05, 0.1) is 6.54 Å². The molecular weight excluding hydrogens is 270 g/mol. The number of benzene rings is 1. The highest BCUT2D eigenvalue weighted by molar-refractivity contribution is 5.98. The fourth-order valence-electron chi connectivity index (χ4n) is 1.80. The monoisotopic (exact) mass is 291 g/mol. The molecule has 4 N–H and O–H groups in total. The quantitative estimate of drug-likeness (QED) is 0.679. The van der Waals surface area contributed by atoms with Gasteiger partial charge in [-0.25, -0.2) is 0 Å². The number of carbonyl (C=O) groups is 3. The van der Waals surface area contributed by atoms with Crippen LogP contribution in [0.3, 0.4) is 0 Å². The van der Waals surface area contributed by atoms with Crippen molar-refractivity contribution in [2.75, 3.05) is 6.54 Å². The van der Waals surface area contributed by atoms with Crippen molar-refractivity contribution in [3.05, 3.63) is 35.9 Å². The first-order valence-corrected chi connectivity index (χ1v) is 6.87. The molecule has 2 atom stereocenters. The van der Waals surface area contributed by atoms with E-state index in [9.17, 15) is 14.4 Å². The van der Waals surface area contributed by atoms with Gasteiger partial charge < -0.3 is 16.4 Å². The molecule has 0 heterocycles. The Morgan fingerprint density at radius 2 is 1.81 bits per heavy atom. The van der Waals surface area contributed by atoms with E-state index in [0.29, 0.717) is 12.0 Å². The van der Waals surface area contributed by atoms with Crippen LogP contribution in [0.5, 0.6) is 0 Å². The van der Waals surface area contributed by atoms with Crippen molar-refractivity contribution in [1.82, 2.24) is 10.6 Å². The lowest BCUT2D eigenvalue weighted by Gasteiger charge is -2.23. The van der Waals surface area contributed by atoms with Gasteiger partial charge in [-0.2, -0.15) is 0 Å². The highest BCUT2D eigenvalue weighted by Crippen LogP contribution is 2.09. The second kappa shape index (κ2) is 8.04. The van der Waals surface area contributed by atoms with Crippen LogP contribution < -0.4 is 16.4 Å². The number of carbonyl (C=O) groups excluding carboxylic acids is 3. The summed E-state index contributed by atoms with van der Waals surface area (Å²) >= 11 is 0. The summed E-state index contributed by atoms with van der Waals surface area (Å²) in [7, 11) is 0. The fraction of sp³-hybridized carbons (Fsp3) is 0.400. The number of nitrogens with one attached hydrogen (secondary N) is 2. The van der Waals surface area contributed by atoms with Crippen LogP contribution in [0.1, 0.15) is 30.6 Å². The summed E-state index contributed by atoms with van der Waals surface area (Å²) in [5.74, 6) is -1.42. The van der Waals surface area contributed by atoms with Gasteiger partial charge in [0, 0.05) is 5.56 Å². The first kappa shape index (κ1) is 16.7. The molecule has 1 aromatic rings. The number of nitrogens with two attached hydrogens (primary N) is 1. The fourth-order valence-corrected chi connectivity index (χ4v) is 1.80. The van der Waals surface area contributed by atoms with Crippen LogP contribution in [0.25, 0.3) is 0 Å². The second-order valence-electron chi connectivity index (χ2n) is 4.89. The summed E-state index contributed by atoms with van der Waals surface area (Å²) in [6, 6.07) is 7.94. The molecule has 0 bridgehead atoms. The minimum Gasteiger partial charge on any atom is -0.368 e. The van der Waals surface area contributed by atoms with Crippen molar-refractivity contribution in [3.8, 4) is 0 Å². The Labute approximate surface area is 124 Å². The summed E-state index contributed by atoms with van der Waals surface area (Å²) in [4.78, 5) is 34.9. The van der Waals surface area contributed by atoms with Crippen molar-refractivity contribution in [2.24, 2.45) is 11.7 Å². The summed E-state index contributed by atoms with van der Waals surface area (Å²) in [6.45, 7) is 3.54. The molecule has 0 fully saturated rings. The average Bonchev–Trinajstić information content (AvgIpc) is 2.50. The lowest BCUT2D eigenvalue weighted by atomic mass is 9.98. The highest BCUT2D eigenvalue weighted by atomic mass is 16.2. The molecule has 0 aromatic heterocycles. The van der Waals surface area contributed by atoms with Crippen molar-refractivity contribution in [2.45, 2.75) is 26.3 Å². The standard InChI is InChI=1S/C15H21N3O3/c1-3-10(2)13(15(21)17-9-12(16)19)18-14(20)11-7-5-4-6-8-11/h4-8,10,13H,3,9H2,1-2H3,(H2,16,19)(H,17,21)(H,18,20)/t10-,13-/m0/s1. The van der Waals surface area contributed by atoms with Gasteiger partial charge >= 0.3 is 0 Å². The van der Waals surface area contributed by atoms with Crippen LogP contribution in [0, 0.1) is 5.92 Å². The van der Waals surface area contributed by atoms with E-state index in [1.54, 1.807) is 24.3 Å². The lowest BCUT2D eigenvalue weighted by Crippen LogP contribution is -2.51. The molecule has 0 unspecified atom stereocenters. The van der Waals surface area contributed by atoms with Crippen LogP contribution in [-0.4, -0.2) is 30.3 Å². The minimum absolute atomic E-state index is 0.0643. The maximum atomic E-state index is 12.1. The summed E-state index contributed by atoms with van der Waals surface area (Å²) in [6.07, 6.45) is 0.712. The van der Waals surface area contributed by atoms with E-state index in [0.717, 1.165) is 0 Å². The van der Waals surface area contributed by atoms with Gasteiger partial charge in [0.25, 0.3) is 5.91 Å². The Bertz CT molecular complexity index is 502. The van der Waals surface area contributed by atoms with Crippen molar-refractivity contribution in [3.63, 3.8) is 0 Å². The maximum absolute atomic E-state index is 12.1. The first-order chi connectivity index (χ1) is 9.95. The van der Waals surface area contributed by atoms with Crippen LogP contribution in [0.15, 0.2) is 30.3 Å². The van der Waals surface area contributed by atoms with Crippen molar-refractivity contribution in [1.29, 1.82) is 0 Å². The molecular formula is C15H21N3O3. The molecule has 21 heavy (non-hydrogen) atoms. The third-order valence-electron chi connectivity index (χ3n) is 3.25. The number of primary amides is 1. The Kier molecular flexibility index (Phi) is 6.39. The number of hydrogen-bond acceptors (Lipinski definition) is 3. The normalized spacial score (nSPS) is 13.0. The topological polar surface area (TPSA) is 101 Å². The SMILES string of the molecule is CC[C@H](C)[C@H](NC(=O)c1ccccc1)C(=O)NCC(N)=O. The second-order valence-corrected chi connectivity index (χ2v) is 4.89. The van der Waals surface area contributed by atoms with E-state index < -0.39 is 17.9 Å². The van der Waals surface area contributed by atoms with Crippen LogP contribution in [-0.2, 0) is 9.59 Å². The average molecular weight is 291 g/mol.